The molecular formula is C12H13ClFN3S. The molecule has 0 aliphatic rings. The van der Waals surface area contributed by atoms with Crippen LogP contribution in [0.1, 0.15) is 24.2 Å². The van der Waals surface area contributed by atoms with E-state index in [1.54, 1.807) is 18.3 Å². The lowest BCUT2D eigenvalue weighted by atomic mass is 10.0. The molecule has 2 aromatic rings. The number of likely N-dealkylation sites (N-methyl/N-ethyl adjacent to an activating group) is 1. The smallest absolute Gasteiger partial charge is 0.127 e. The first-order valence-corrected chi connectivity index (χ1v) is 6.76. The Labute approximate surface area is 114 Å². The summed E-state index contributed by atoms with van der Waals surface area (Å²) in [5.74, 6) is -0.284. The van der Waals surface area contributed by atoms with Gasteiger partial charge in [-0.25, -0.2) is 4.39 Å². The van der Waals surface area contributed by atoms with Gasteiger partial charge in [-0.05, 0) is 30.7 Å². The van der Waals surface area contributed by atoms with Crippen LogP contribution in [0.15, 0.2) is 24.4 Å². The first-order valence-electron chi connectivity index (χ1n) is 5.65. The molecule has 1 atom stereocenters. The standard InChI is InChI=1S/C12H13ClFN3S/c1-2-15-11(12-7-16-18-17-12)5-8-3-4-9(13)6-10(8)14/h3-4,6-7,11,15H,2,5H2,1H3. The Balaban J connectivity index is 2.18. The van der Waals surface area contributed by atoms with Crippen molar-refractivity contribution in [1.82, 2.24) is 14.1 Å². The number of nitrogens with one attached hydrogen (secondary N) is 1. The molecular weight excluding hydrogens is 273 g/mol. The predicted octanol–water partition coefficient (Wildman–Crippen LogP) is 3.22. The van der Waals surface area contributed by atoms with Crippen molar-refractivity contribution in [1.29, 1.82) is 0 Å². The minimum atomic E-state index is -0.284. The Morgan fingerprint density at radius 3 is 2.94 bits per heavy atom. The van der Waals surface area contributed by atoms with Crippen molar-refractivity contribution in [3.63, 3.8) is 0 Å². The fraction of sp³-hybridized carbons (Fsp3) is 0.333. The summed E-state index contributed by atoms with van der Waals surface area (Å²) in [6.45, 7) is 2.79. The summed E-state index contributed by atoms with van der Waals surface area (Å²) >= 11 is 6.89. The van der Waals surface area contributed by atoms with E-state index < -0.39 is 0 Å². The van der Waals surface area contributed by atoms with Gasteiger partial charge in [-0.2, -0.15) is 8.75 Å². The Hall–Kier alpha value is -1.04. The molecule has 6 heteroatoms. The largest absolute Gasteiger partial charge is 0.309 e. The summed E-state index contributed by atoms with van der Waals surface area (Å²) in [5.41, 5.74) is 1.47. The number of hydrogen-bond donors (Lipinski definition) is 1. The van der Waals surface area contributed by atoms with E-state index in [9.17, 15) is 4.39 Å². The van der Waals surface area contributed by atoms with Gasteiger partial charge in [-0.15, -0.1) is 0 Å². The van der Waals surface area contributed by atoms with Gasteiger partial charge in [-0.3, -0.25) is 0 Å². The molecule has 96 valence electrons. The van der Waals surface area contributed by atoms with E-state index in [2.05, 4.69) is 14.1 Å². The molecule has 1 unspecified atom stereocenters. The molecule has 1 N–H and O–H groups in total. The fourth-order valence-corrected chi connectivity index (χ4v) is 2.39. The van der Waals surface area contributed by atoms with Crippen LogP contribution in [0.5, 0.6) is 0 Å². The van der Waals surface area contributed by atoms with Gasteiger partial charge in [0.2, 0.25) is 0 Å². The third kappa shape index (κ3) is 3.25. The van der Waals surface area contributed by atoms with E-state index in [1.165, 1.54) is 6.07 Å². The third-order valence-corrected chi connectivity index (χ3v) is 3.35. The first kappa shape index (κ1) is 13.4. The summed E-state index contributed by atoms with van der Waals surface area (Å²) in [6, 6.07) is 4.72. The average Bonchev–Trinajstić information content (AvgIpc) is 2.85. The summed E-state index contributed by atoms with van der Waals surface area (Å²) in [6.07, 6.45) is 2.24. The molecule has 0 amide bonds. The van der Waals surface area contributed by atoms with Crippen LogP contribution < -0.4 is 5.32 Å². The summed E-state index contributed by atoms with van der Waals surface area (Å²) in [4.78, 5) is 0. The van der Waals surface area contributed by atoms with Gasteiger partial charge in [0.15, 0.2) is 0 Å². The second-order valence-electron chi connectivity index (χ2n) is 3.88. The van der Waals surface area contributed by atoms with Crippen LogP contribution in [0, 0.1) is 5.82 Å². The van der Waals surface area contributed by atoms with Crippen LogP contribution in [-0.2, 0) is 6.42 Å². The van der Waals surface area contributed by atoms with Gasteiger partial charge >= 0.3 is 0 Å². The Morgan fingerprint density at radius 2 is 2.33 bits per heavy atom. The molecule has 2 rings (SSSR count). The van der Waals surface area contributed by atoms with Crippen molar-refractivity contribution in [3.8, 4) is 0 Å². The van der Waals surface area contributed by atoms with Crippen molar-refractivity contribution >= 4 is 23.3 Å². The summed E-state index contributed by atoms with van der Waals surface area (Å²) < 4.78 is 21.9. The highest BCUT2D eigenvalue weighted by Gasteiger charge is 2.16. The number of hydrogen-bond acceptors (Lipinski definition) is 4. The molecule has 18 heavy (non-hydrogen) atoms. The van der Waals surface area contributed by atoms with Crippen molar-refractivity contribution < 1.29 is 4.39 Å². The quantitative estimate of drug-likeness (QED) is 0.916. The number of nitrogens with zero attached hydrogens (tertiary/aromatic N) is 2. The number of rotatable bonds is 5. The maximum absolute atomic E-state index is 13.7. The molecule has 0 spiro atoms. The van der Waals surface area contributed by atoms with E-state index >= 15 is 0 Å². The topological polar surface area (TPSA) is 37.8 Å². The molecule has 1 heterocycles. The van der Waals surface area contributed by atoms with E-state index in [4.69, 9.17) is 11.6 Å². The molecule has 0 fully saturated rings. The average molecular weight is 286 g/mol. The zero-order valence-electron chi connectivity index (χ0n) is 9.86. The normalized spacial score (nSPS) is 12.6. The maximum Gasteiger partial charge on any atom is 0.127 e. The van der Waals surface area contributed by atoms with Crippen molar-refractivity contribution in [3.05, 3.63) is 46.5 Å². The summed E-state index contributed by atoms with van der Waals surface area (Å²) in [5, 5.41) is 3.69. The van der Waals surface area contributed by atoms with Crippen molar-refractivity contribution in [2.45, 2.75) is 19.4 Å². The van der Waals surface area contributed by atoms with E-state index in [-0.39, 0.29) is 11.9 Å². The van der Waals surface area contributed by atoms with Gasteiger partial charge < -0.3 is 5.32 Å². The molecule has 0 aliphatic carbocycles. The molecule has 1 aromatic heterocycles. The van der Waals surface area contributed by atoms with E-state index in [0.717, 1.165) is 24.0 Å². The molecule has 0 saturated carbocycles. The lowest BCUT2D eigenvalue weighted by Gasteiger charge is -2.15. The Kier molecular flexibility index (Phi) is 4.63. The fourth-order valence-electron chi connectivity index (χ4n) is 1.76. The highest BCUT2D eigenvalue weighted by atomic mass is 35.5. The first-order chi connectivity index (χ1) is 8.70. The maximum atomic E-state index is 13.7. The minimum Gasteiger partial charge on any atom is -0.309 e. The van der Waals surface area contributed by atoms with E-state index in [0.29, 0.717) is 17.0 Å². The molecule has 0 saturated heterocycles. The highest BCUT2D eigenvalue weighted by Crippen LogP contribution is 2.21. The molecule has 3 nitrogen and oxygen atoms in total. The monoisotopic (exact) mass is 285 g/mol. The van der Waals surface area contributed by atoms with Gasteiger partial charge in [-0.1, -0.05) is 24.6 Å². The lowest BCUT2D eigenvalue weighted by molar-refractivity contribution is 0.520. The van der Waals surface area contributed by atoms with Gasteiger partial charge in [0.05, 0.1) is 29.7 Å². The second-order valence-corrected chi connectivity index (χ2v) is 4.88. The highest BCUT2D eigenvalue weighted by molar-refractivity contribution is 6.99. The predicted molar refractivity (Wildman–Crippen MR) is 71.4 cm³/mol. The molecule has 1 aromatic carbocycles. The van der Waals surface area contributed by atoms with Crippen LogP contribution in [0.3, 0.4) is 0 Å². The SMILES string of the molecule is CCNC(Cc1ccc(Cl)cc1F)c1cnsn1. The number of aromatic nitrogens is 2. The van der Waals surface area contributed by atoms with Crippen LogP contribution in [-0.4, -0.2) is 15.3 Å². The van der Waals surface area contributed by atoms with Crippen LogP contribution in [0.4, 0.5) is 4.39 Å². The third-order valence-electron chi connectivity index (χ3n) is 2.63. The van der Waals surface area contributed by atoms with Crippen LogP contribution >= 0.6 is 23.3 Å². The van der Waals surface area contributed by atoms with Gasteiger partial charge in [0.25, 0.3) is 0 Å². The van der Waals surface area contributed by atoms with Crippen LogP contribution in [0.25, 0.3) is 0 Å². The number of halogens is 2. The van der Waals surface area contributed by atoms with Crippen molar-refractivity contribution in [2.24, 2.45) is 0 Å². The molecule has 0 radical (unpaired) electrons. The lowest BCUT2D eigenvalue weighted by Crippen LogP contribution is -2.23. The number of benzene rings is 1. The molecule has 0 bridgehead atoms. The summed E-state index contributed by atoms with van der Waals surface area (Å²) in [7, 11) is 0. The van der Waals surface area contributed by atoms with Gasteiger partial charge in [0.1, 0.15) is 5.82 Å². The van der Waals surface area contributed by atoms with Crippen LogP contribution in [0.2, 0.25) is 5.02 Å². The van der Waals surface area contributed by atoms with Gasteiger partial charge in [0, 0.05) is 5.02 Å². The van der Waals surface area contributed by atoms with E-state index in [1.807, 2.05) is 6.92 Å². The zero-order chi connectivity index (χ0) is 13.0. The molecule has 0 aliphatic heterocycles. The Morgan fingerprint density at radius 1 is 1.50 bits per heavy atom. The zero-order valence-corrected chi connectivity index (χ0v) is 11.4. The Bertz CT molecular complexity index is 504. The minimum absolute atomic E-state index is 0.0237. The van der Waals surface area contributed by atoms with Crippen molar-refractivity contribution in [2.75, 3.05) is 6.54 Å². The second kappa shape index (κ2) is 6.22.